The Bertz CT molecular complexity index is 1410. The zero-order valence-corrected chi connectivity index (χ0v) is 20.6. The molecule has 34 heavy (non-hydrogen) atoms. The second-order valence-corrected chi connectivity index (χ2v) is 10.1. The molecule has 0 amide bonds. The number of fused-ring (bicyclic) bond motifs is 3. The Morgan fingerprint density at radius 2 is 1.65 bits per heavy atom. The number of rotatable bonds is 7. The summed E-state index contributed by atoms with van der Waals surface area (Å²) in [6.07, 6.45) is 4.15. The van der Waals surface area contributed by atoms with Crippen molar-refractivity contribution in [1.29, 1.82) is 0 Å². The van der Waals surface area contributed by atoms with Crippen molar-refractivity contribution in [3.8, 4) is 17.2 Å². The van der Waals surface area contributed by atoms with E-state index in [0.29, 0.717) is 27.9 Å². The van der Waals surface area contributed by atoms with E-state index in [4.69, 9.17) is 14.5 Å². The monoisotopic (exact) mass is 492 g/mol. The molecule has 2 aromatic heterocycles. The van der Waals surface area contributed by atoms with Gasteiger partial charge >= 0.3 is 0 Å². The lowest BCUT2D eigenvalue weighted by atomic mass is 9.97. The number of hydrogen-bond acceptors (Lipinski definition) is 7. The number of carbonyl (C=O) groups excluding carboxylic acids is 1. The summed E-state index contributed by atoms with van der Waals surface area (Å²) in [5.41, 5.74) is 2.38. The second-order valence-electron chi connectivity index (χ2n) is 8.06. The molecule has 0 saturated heterocycles. The van der Waals surface area contributed by atoms with Gasteiger partial charge in [0.2, 0.25) is 0 Å². The van der Waals surface area contributed by atoms with Gasteiger partial charge in [-0.3, -0.25) is 14.2 Å². The summed E-state index contributed by atoms with van der Waals surface area (Å²) in [5, 5.41) is 1.24. The van der Waals surface area contributed by atoms with Crippen molar-refractivity contribution in [3.05, 3.63) is 74.9 Å². The van der Waals surface area contributed by atoms with Crippen LogP contribution in [-0.2, 0) is 12.8 Å². The fraction of sp³-hybridized carbons (Fsp3) is 0.269. The maximum atomic E-state index is 13.8. The molecule has 2 aromatic carbocycles. The van der Waals surface area contributed by atoms with Gasteiger partial charge in [0.15, 0.2) is 10.9 Å². The summed E-state index contributed by atoms with van der Waals surface area (Å²) in [7, 11) is 3.20. The molecule has 6 nitrogen and oxygen atoms in total. The number of ketones is 1. The predicted octanol–water partition coefficient (Wildman–Crippen LogP) is 5.32. The van der Waals surface area contributed by atoms with Crippen molar-refractivity contribution in [2.75, 3.05) is 20.0 Å². The van der Waals surface area contributed by atoms with Gasteiger partial charge in [-0.1, -0.05) is 11.8 Å². The molecule has 1 aliphatic carbocycles. The molecule has 5 rings (SSSR count). The van der Waals surface area contributed by atoms with Crippen LogP contribution in [0.15, 0.2) is 58.5 Å². The first kappa shape index (κ1) is 22.7. The van der Waals surface area contributed by atoms with Crippen LogP contribution in [0, 0.1) is 0 Å². The highest BCUT2D eigenvalue weighted by Crippen LogP contribution is 2.35. The summed E-state index contributed by atoms with van der Waals surface area (Å²) in [6.45, 7) is 0. The predicted molar refractivity (Wildman–Crippen MR) is 136 cm³/mol. The first-order valence-corrected chi connectivity index (χ1v) is 12.9. The number of benzene rings is 2. The fourth-order valence-corrected chi connectivity index (χ4v) is 6.44. The van der Waals surface area contributed by atoms with Crippen LogP contribution in [0.3, 0.4) is 0 Å². The van der Waals surface area contributed by atoms with Gasteiger partial charge in [-0.15, -0.1) is 11.3 Å². The lowest BCUT2D eigenvalue weighted by Gasteiger charge is -2.14. The van der Waals surface area contributed by atoms with Gasteiger partial charge < -0.3 is 9.47 Å². The summed E-state index contributed by atoms with van der Waals surface area (Å²) in [6, 6.07) is 14.4. The molecule has 1 aliphatic rings. The van der Waals surface area contributed by atoms with Crippen molar-refractivity contribution >= 4 is 39.1 Å². The third-order valence-corrected chi connectivity index (χ3v) is 8.16. The van der Waals surface area contributed by atoms with E-state index in [0.717, 1.165) is 41.5 Å². The lowest BCUT2D eigenvalue weighted by molar-refractivity contribution is 0.102. The molecule has 0 fully saturated rings. The Kier molecular flexibility index (Phi) is 6.43. The summed E-state index contributed by atoms with van der Waals surface area (Å²) < 4.78 is 12.1. The minimum Gasteiger partial charge on any atom is -0.497 e. The standard InChI is InChI=1S/C26H24N2O4S2/c1-31-18-11-7-16(8-12-18)21(29)15-33-26-27-24-23(20-5-3-4-6-22(20)34-24)25(30)28(26)17-9-13-19(32-2)14-10-17/h7-14H,3-6,15H2,1-2H3. The number of nitrogens with zero attached hydrogens (tertiary/aromatic N) is 2. The van der Waals surface area contributed by atoms with E-state index in [2.05, 4.69) is 0 Å². The van der Waals surface area contributed by atoms with E-state index in [1.54, 1.807) is 54.4 Å². The van der Waals surface area contributed by atoms with Gasteiger partial charge in [-0.2, -0.15) is 0 Å². The Balaban J connectivity index is 1.56. The van der Waals surface area contributed by atoms with E-state index in [1.165, 1.54) is 16.6 Å². The lowest BCUT2D eigenvalue weighted by Crippen LogP contribution is -2.22. The molecular formula is C26H24N2O4S2. The molecule has 0 aliphatic heterocycles. The minimum absolute atomic E-state index is 0.0336. The Hall–Kier alpha value is -3.10. The van der Waals surface area contributed by atoms with E-state index in [9.17, 15) is 9.59 Å². The summed E-state index contributed by atoms with van der Waals surface area (Å²) in [4.78, 5) is 33.6. The van der Waals surface area contributed by atoms with Crippen molar-refractivity contribution in [2.45, 2.75) is 30.8 Å². The third kappa shape index (κ3) is 4.23. The zero-order valence-electron chi connectivity index (χ0n) is 19.0. The number of carbonyl (C=O) groups is 1. The molecule has 0 N–H and O–H groups in total. The third-order valence-electron chi connectivity index (χ3n) is 6.03. The molecule has 0 unspecified atom stereocenters. The van der Waals surface area contributed by atoms with Crippen molar-refractivity contribution in [1.82, 2.24) is 9.55 Å². The van der Waals surface area contributed by atoms with Gasteiger partial charge in [0.05, 0.1) is 31.0 Å². The number of methoxy groups -OCH3 is 2. The number of aryl methyl sites for hydroxylation is 2. The minimum atomic E-state index is -0.0750. The van der Waals surface area contributed by atoms with Crippen molar-refractivity contribution in [2.24, 2.45) is 0 Å². The molecule has 2 heterocycles. The molecular weight excluding hydrogens is 468 g/mol. The first-order chi connectivity index (χ1) is 16.6. The number of aromatic nitrogens is 2. The van der Waals surface area contributed by atoms with Gasteiger partial charge in [-0.05, 0) is 79.8 Å². The number of thiophene rings is 1. The van der Waals surface area contributed by atoms with Crippen LogP contribution in [0.1, 0.15) is 33.6 Å². The van der Waals surface area contributed by atoms with E-state index in [-0.39, 0.29) is 17.1 Å². The maximum absolute atomic E-state index is 13.8. The van der Waals surface area contributed by atoms with E-state index in [1.807, 2.05) is 24.3 Å². The van der Waals surface area contributed by atoms with Crippen molar-refractivity contribution < 1.29 is 14.3 Å². The van der Waals surface area contributed by atoms with Crippen LogP contribution >= 0.6 is 23.1 Å². The second kappa shape index (κ2) is 9.64. The highest BCUT2D eigenvalue weighted by molar-refractivity contribution is 7.99. The molecule has 8 heteroatoms. The quantitative estimate of drug-likeness (QED) is 0.198. The molecule has 4 aromatic rings. The average Bonchev–Trinajstić information content (AvgIpc) is 3.26. The summed E-state index contributed by atoms with van der Waals surface area (Å²) in [5.74, 6) is 1.55. The molecule has 0 spiro atoms. The average molecular weight is 493 g/mol. The molecule has 0 atom stereocenters. The highest BCUT2D eigenvalue weighted by atomic mass is 32.2. The fourth-order valence-electron chi connectivity index (χ4n) is 4.23. The van der Waals surface area contributed by atoms with Crippen LogP contribution in [0.2, 0.25) is 0 Å². The Labute approximate surface area is 205 Å². The molecule has 174 valence electrons. The van der Waals surface area contributed by atoms with Crippen LogP contribution in [0.5, 0.6) is 11.5 Å². The van der Waals surface area contributed by atoms with Gasteiger partial charge in [0.1, 0.15) is 16.3 Å². The van der Waals surface area contributed by atoms with Crippen LogP contribution < -0.4 is 15.0 Å². The van der Waals surface area contributed by atoms with Crippen LogP contribution in [-0.4, -0.2) is 35.3 Å². The van der Waals surface area contributed by atoms with Crippen LogP contribution in [0.4, 0.5) is 0 Å². The molecule has 0 radical (unpaired) electrons. The topological polar surface area (TPSA) is 70.4 Å². The SMILES string of the molecule is COc1ccc(C(=O)CSc2nc3sc4c(c3c(=O)n2-c2ccc(OC)cc2)CCCC4)cc1. The first-order valence-electron chi connectivity index (χ1n) is 11.1. The van der Waals surface area contributed by atoms with Crippen molar-refractivity contribution in [3.63, 3.8) is 0 Å². The molecule has 0 saturated carbocycles. The van der Waals surface area contributed by atoms with Crippen LogP contribution in [0.25, 0.3) is 15.9 Å². The normalized spacial score (nSPS) is 13.0. The number of Topliss-reactive ketones (excluding diaryl/α,β-unsaturated/α-hetero) is 1. The van der Waals surface area contributed by atoms with Gasteiger partial charge in [-0.25, -0.2) is 4.98 Å². The van der Waals surface area contributed by atoms with Gasteiger partial charge in [0.25, 0.3) is 5.56 Å². The maximum Gasteiger partial charge on any atom is 0.267 e. The van der Waals surface area contributed by atoms with E-state index < -0.39 is 0 Å². The number of ether oxygens (including phenoxy) is 2. The smallest absolute Gasteiger partial charge is 0.267 e. The largest absolute Gasteiger partial charge is 0.497 e. The molecule has 0 bridgehead atoms. The highest BCUT2D eigenvalue weighted by Gasteiger charge is 2.23. The number of hydrogen-bond donors (Lipinski definition) is 0. The summed E-state index contributed by atoms with van der Waals surface area (Å²) >= 11 is 2.90. The zero-order chi connectivity index (χ0) is 23.7. The van der Waals surface area contributed by atoms with Gasteiger partial charge in [0, 0.05) is 10.4 Å². The van der Waals surface area contributed by atoms with E-state index >= 15 is 0 Å². The Morgan fingerprint density at radius 1 is 1.00 bits per heavy atom. The Morgan fingerprint density at radius 3 is 2.32 bits per heavy atom. The number of thioether (sulfide) groups is 1.